The van der Waals surface area contributed by atoms with Gasteiger partial charge in [0.25, 0.3) is 5.91 Å². The molecule has 0 aliphatic carbocycles. The molecule has 0 aliphatic heterocycles. The lowest BCUT2D eigenvalue weighted by Crippen LogP contribution is -2.44. The Morgan fingerprint density at radius 3 is 2.73 bits per heavy atom. The summed E-state index contributed by atoms with van der Waals surface area (Å²) in [5.74, 6) is -0.306. The quantitative estimate of drug-likeness (QED) is 0.823. The van der Waals surface area contributed by atoms with Crippen molar-refractivity contribution in [2.75, 3.05) is 20.3 Å². The number of hydrogen-bond donors (Lipinski definition) is 2. The first kappa shape index (κ1) is 16.6. The van der Waals surface area contributed by atoms with Gasteiger partial charge in [0.1, 0.15) is 5.60 Å². The van der Waals surface area contributed by atoms with Crippen LogP contribution in [0.3, 0.4) is 0 Å². The lowest BCUT2D eigenvalue weighted by atomic mass is 9.94. The fraction of sp³-hybridized carbons (Fsp3) is 0.250. The maximum Gasteiger partial charge on any atom is 0.252 e. The molecule has 0 radical (unpaired) electrons. The Bertz CT molecular complexity index is 636. The summed E-state index contributed by atoms with van der Waals surface area (Å²) in [5.41, 5.74) is -0.183. The average molecular weight is 365 g/mol. The van der Waals surface area contributed by atoms with Gasteiger partial charge in [-0.15, -0.1) is 0 Å². The zero-order chi connectivity index (χ0) is 16.0. The monoisotopic (exact) mass is 364 g/mol. The van der Waals surface area contributed by atoms with Gasteiger partial charge >= 0.3 is 0 Å². The summed E-state index contributed by atoms with van der Waals surface area (Å²) in [6, 6.07) is 10.8. The normalized spacial score (nSPS) is 13.4. The molecule has 1 amide bonds. The second-order valence-corrected chi connectivity index (χ2v) is 5.82. The minimum absolute atomic E-state index is 0.0379. The molecule has 1 aromatic carbocycles. The van der Waals surface area contributed by atoms with Crippen molar-refractivity contribution in [3.05, 3.63) is 64.4 Å². The molecule has 1 aromatic heterocycles. The summed E-state index contributed by atoms with van der Waals surface area (Å²) in [6.07, 6.45) is 3.07. The number of hydrogen-bond acceptors (Lipinski definition) is 4. The number of aliphatic hydroxyl groups is 1. The fourth-order valence-electron chi connectivity index (χ4n) is 2.09. The van der Waals surface area contributed by atoms with Gasteiger partial charge in [-0.2, -0.15) is 0 Å². The van der Waals surface area contributed by atoms with Crippen LogP contribution in [-0.4, -0.2) is 36.3 Å². The van der Waals surface area contributed by atoms with Crippen molar-refractivity contribution in [2.24, 2.45) is 0 Å². The van der Waals surface area contributed by atoms with Gasteiger partial charge in [-0.05, 0) is 27.6 Å². The van der Waals surface area contributed by atoms with Crippen molar-refractivity contribution >= 4 is 21.8 Å². The van der Waals surface area contributed by atoms with E-state index in [4.69, 9.17) is 4.74 Å². The zero-order valence-electron chi connectivity index (χ0n) is 12.1. The van der Waals surface area contributed by atoms with Gasteiger partial charge in [-0.1, -0.05) is 30.3 Å². The van der Waals surface area contributed by atoms with E-state index in [1.165, 1.54) is 13.3 Å². The minimum atomic E-state index is -1.29. The van der Waals surface area contributed by atoms with Gasteiger partial charge in [-0.25, -0.2) is 0 Å². The second-order valence-electron chi connectivity index (χ2n) is 4.91. The first-order chi connectivity index (χ1) is 10.5. The molecule has 1 heterocycles. The van der Waals surface area contributed by atoms with Crippen molar-refractivity contribution in [3.63, 3.8) is 0 Å². The first-order valence-corrected chi connectivity index (χ1v) is 7.50. The molecule has 0 saturated carbocycles. The van der Waals surface area contributed by atoms with Gasteiger partial charge < -0.3 is 15.2 Å². The largest absolute Gasteiger partial charge is 0.381 e. The molecule has 6 heteroatoms. The second kappa shape index (κ2) is 7.49. The van der Waals surface area contributed by atoms with Gasteiger partial charge in [0.05, 0.1) is 18.7 Å². The summed E-state index contributed by atoms with van der Waals surface area (Å²) >= 11 is 3.27. The van der Waals surface area contributed by atoms with E-state index in [-0.39, 0.29) is 19.1 Å². The molecule has 2 rings (SSSR count). The Morgan fingerprint density at radius 1 is 1.36 bits per heavy atom. The third kappa shape index (κ3) is 4.13. The molecule has 2 N–H and O–H groups in total. The highest BCUT2D eigenvalue weighted by Gasteiger charge is 2.30. The Kier molecular flexibility index (Phi) is 5.65. The molecule has 1 atom stereocenters. The standard InChI is InChI=1S/C16H17BrN2O3/c1-22-11-16(21,13-5-3-2-4-6-13)10-19-15(20)12-7-14(17)9-18-8-12/h2-9,21H,10-11H2,1H3,(H,19,20)/t16-/m1/s1. The van der Waals surface area contributed by atoms with Crippen molar-refractivity contribution in [1.82, 2.24) is 10.3 Å². The zero-order valence-corrected chi connectivity index (χ0v) is 13.7. The number of carbonyl (C=O) groups is 1. The SMILES string of the molecule is COC[C@](O)(CNC(=O)c1cncc(Br)c1)c1ccccc1. The number of amides is 1. The smallest absolute Gasteiger partial charge is 0.252 e. The maximum atomic E-state index is 12.2. The molecule has 0 bridgehead atoms. The molecular formula is C16H17BrN2O3. The van der Waals surface area contributed by atoms with E-state index in [2.05, 4.69) is 26.2 Å². The minimum Gasteiger partial charge on any atom is -0.381 e. The number of halogens is 1. The molecule has 0 aliphatic rings. The van der Waals surface area contributed by atoms with Gasteiger partial charge in [0.2, 0.25) is 0 Å². The third-order valence-electron chi connectivity index (χ3n) is 3.20. The summed E-state index contributed by atoms with van der Waals surface area (Å²) < 4.78 is 5.82. The summed E-state index contributed by atoms with van der Waals surface area (Å²) in [7, 11) is 1.51. The van der Waals surface area contributed by atoms with E-state index >= 15 is 0 Å². The van der Waals surface area contributed by atoms with Crippen LogP contribution in [0.15, 0.2) is 53.3 Å². The Labute approximate surface area is 137 Å². The number of nitrogens with zero attached hydrogens (tertiary/aromatic N) is 1. The van der Waals surface area contributed by atoms with Crippen molar-refractivity contribution in [1.29, 1.82) is 0 Å². The molecule has 116 valence electrons. The first-order valence-electron chi connectivity index (χ1n) is 6.71. The van der Waals surface area contributed by atoms with Crippen molar-refractivity contribution in [2.45, 2.75) is 5.60 Å². The van der Waals surface area contributed by atoms with Gasteiger partial charge in [0, 0.05) is 24.0 Å². The van der Waals surface area contributed by atoms with Crippen molar-refractivity contribution in [3.8, 4) is 0 Å². The van der Waals surface area contributed by atoms with Crippen molar-refractivity contribution < 1.29 is 14.6 Å². The predicted octanol–water partition coefficient (Wildman–Crippen LogP) is 2.11. The number of rotatable bonds is 6. The number of ether oxygens (including phenoxy) is 1. The highest BCUT2D eigenvalue weighted by molar-refractivity contribution is 9.10. The number of pyridine rings is 1. The van der Waals surface area contributed by atoms with E-state index in [9.17, 15) is 9.90 Å². The van der Waals surface area contributed by atoms with Crippen LogP contribution in [0.25, 0.3) is 0 Å². The molecule has 5 nitrogen and oxygen atoms in total. The van der Waals surface area contributed by atoms with Crippen LogP contribution in [0.2, 0.25) is 0 Å². The highest BCUT2D eigenvalue weighted by Crippen LogP contribution is 2.21. The number of carbonyl (C=O) groups excluding carboxylic acids is 1. The number of benzene rings is 1. The van der Waals surface area contributed by atoms with Crippen LogP contribution in [-0.2, 0) is 10.3 Å². The van der Waals surface area contributed by atoms with Crippen LogP contribution in [0.5, 0.6) is 0 Å². The number of methoxy groups -OCH3 is 1. The Hall–Kier alpha value is -1.76. The third-order valence-corrected chi connectivity index (χ3v) is 3.64. The number of aromatic nitrogens is 1. The summed E-state index contributed by atoms with van der Waals surface area (Å²) in [6.45, 7) is 0.115. The van der Waals surface area contributed by atoms with Crippen LogP contribution in [0, 0.1) is 0 Å². The topological polar surface area (TPSA) is 71.5 Å². The molecule has 0 fully saturated rings. The number of nitrogens with one attached hydrogen (secondary N) is 1. The predicted molar refractivity (Wildman–Crippen MR) is 86.5 cm³/mol. The molecule has 22 heavy (non-hydrogen) atoms. The molecule has 0 saturated heterocycles. The fourth-order valence-corrected chi connectivity index (χ4v) is 2.45. The van der Waals surface area contributed by atoms with E-state index in [1.807, 2.05) is 18.2 Å². The summed E-state index contributed by atoms with van der Waals surface area (Å²) in [4.78, 5) is 16.1. The van der Waals surface area contributed by atoms with Crippen LogP contribution >= 0.6 is 15.9 Å². The van der Waals surface area contributed by atoms with E-state index in [0.29, 0.717) is 11.1 Å². The van der Waals surface area contributed by atoms with Crippen LogP contribution in [0.1, 0.15) is 15.9 Å². The van der Waals surface area contributed by atoms with Gasteiger partial charge in [0.15, 0.2) is 0 Å². The molecule has 0 spiro atoms. The Balaban J connectivity index is 2.11. The lowest BCUT2D eigenvalue weighted by Gasteiger charge is -2.28. The highest BCUT2D eigenvalue weighted by atomic mass is 79.9. The maximum absolute atomic E-state index is 12.2. The molecular weight excluding hydrogens is 348 g/mol. The van der Waals surface area contributed by atoms with E-state index < -0.39 is 5.60 Å². The molecule has 0 unspecified atom stereocenters. The van der Waals surface area contributed by atoms with E-state index in [0.717, 1.165) is 4.47 Å². The van der Waals surface area contributed by atoms with E-state index in [1.54, 1.807) is 24.4 Å². The van der Waals surface area contributed by atoms with Crippen LogP contribution < -0.4 is 5.32 Å². The lowest BCUT2D eigenvalue weighted by molar-refractivity contribution is -0.0334. The Morgan fingerprint density at radius 2 is 2.09 bits per heavy atom. The molecule has 2 aromatic rings. The van der Waals surface area contributed by atoms with Crippen LogP contribution in [0.4, 0.5) is 0 Å². The summed E-state index contributed by atoms with van der Waals surface area (Å²) in [5, 5.41) is 13.5. The average Bonchev–Trinajstić information content (AvgIpc) is 2.54. The van der Waals surface area contributed by atoms with Gasteiger partial charge in [-0.3, -0.25) is 9.78 Å².